The zero-order valence-corrected chi connectivity index (χ0v) is 21.3. The van der Waals surface area contributed by atoms with Crippen molar-refractivity contribution >= 4 is 17.4 Å². The molecule has 10 heteroatoms. The second-order valence-electron chi connectivity index (χ2n) is 8.75. The summed E-state index contributed by atoms with van der Waals surface area (Å²) in [6.07, 6.45) is 1.61. The molecule has 1 saturated heterocycles. The molecule has 3 heterocycles. The molecule has 3 aromatic rings. The minimum Gasteiger partial charge on any atom is -0.491 e. The van der Waals surface area contributed by atoms with E-state index in [-0.39, 0.29) is 12.7 Å². The van der Waals surface area contributed by atoms with Gasteiger partial charge in [0.05, 0.1) is 28.1 Å². The first-order valence-electron chi connectivity index (χ1n) is 11.8. The number of likely N-dealkylation sites (N-methyl/N-ethyl adjacent to an activating group) is 1. The standard InChI is InChI=1S/C25H32ClN5O4/c1-14-23(22-15(2)31-35-16(22)3)29-25(30-24(14)28-12-19-6-5-9-33-19)20-10-18(7-8-21(20)26)34-13-17(32)11-27-4/h7-8,10,17,19,27,32H,5-6,9,11-13H2,1-4H3,(H,28,29,30). The van der Waals surface area contributed by atoms with E-state index in [4.69, 9.17) is 35.6 Å². The Labute approximate surface area is 210 Å². The Hall–Kier alpha value is -2.72. The van der Waals surface area contributed by atoms with Crippen LogP contribution < -0.4 is 15.4 Å². The summed E-state index contributed by atoms with van der Waals surface area (Å²) in [5.74, 6) is 2.40. The Morgan fingerprint density at radius 2 is 2.09 bits per heavy atom. The first-order chi connectivity index (χ1) is 16.9. The van der Waals surface area contributed by atoms with Gasteiger partial charge in [-0.2, -0.15) is 0 Å². The van der Waals surface area contributed by atoms with E-state index < -0.39 is 6.10 Å². The Balaban J connectivity index is 1.72. The molecule has 0 radical (unpaired) electrons. The normalized spacial score (nSPS) is 16.5. The predicted molar refractivity (Wildman–Crippen MR) is 135 cm³/mol. The maximum Gasteiger partial charge on any atom is 0.163 e. The number of anilines is 1. The van der Waals surface area contributed by atoms with E-state index in [1.807, 2.05) is 20.8 Å². The molecule has 0 aliphatic carbocycles. The molecule has 1 aliphatic rings. The predicted octanol–water partition coefficient (Wildman–Crippen LogP) is 3.93. The smallest absolute Gasteiger partial charge is 0.163 e. The average molecular weight is 502 g/mol. The Morgan fingerprint density at radius 1 is 1.26 bits per heavy atom. The molecule has 2 unspecified atom stereocenters. The zero-order valence-electron chi connectivity index (χ0n) is 20.5. The summed E-state index contributed by atoms with van der Waals surface area (Å²) in [6, 6.07) is 5.30. The number of ether oxygens (including phenoxy) is 2. The number of nitrogens with zero attached hydrogens (tertiary/aromatic N) is 3. The van der Waals surface area contributed by atoms with Crippen molar-refractivity contribution < 1.29 is 19.1 Å². The van der Waals surface area contributed by atoms with Crippen LogP contribution >= 0.6 is 11.6 Å². The monoisotopic (exact) mass is 501 g/mol. The molecule has 1 fully saturated rings. The van der Waals surface area contributed by atoms with Crippen LogP contribution in [0, 0.1) is 20.8 Å². The van der Waals surface area contributed by atoms with E-state index in [9.17, 15) is 5.11 Å². The molecule has 4 rings (SSSR count). The highest BCUT2D eigenvalue weighted by Gasteiger charge is 2.22. The van der Waals surface area contributed by atoms with E-state index in [1.165, 1.54) is 0 Å². The van der Waals surface area contributed by atoms with Crippen LogP contribution in [0.4, 0.5) is 5.82 Å². The van der Waals surface area contributed by atoms with Crippen LogP contribution in [0.1, 0.15) is 29.9 Å². The highest BCUT2D eigenvalue weighted by atomic mass is 35.5. The molecule has 0 amide bonds. The number of hydrogen-bond donors (Lipinski definition) is 3. The van der Waals surface area contributed by atoms with Gasteiger partial charge >= 0.3 is 0 Å². The van der Waals surface area contributed by atoms with Crippen molar-refractivity contribution in [1.29, 1.82) is 0 Å². The van der Waals surface area contributed by atoms with Gasteiger partial charge in [0.1, 0.15) is 30.0 Å². The highest BCUT2D eigenvalue weighted by Crippen LogP contribution is 2.36. The van der Waals surface area contributed by atoms with Gasteiger partial charge in [-0.05, 0) is 58.9 Å². The van der Waals surface area contributed by atoms with Gasteiger partial charge in [-0.25, -0.2) is 9.97 Å². The lowest BCUT2D eigenvalue weighted by Gasteiger charge is -2.17. The van der Waals surface area contributed by atoms with Crippen molar-refractivity contribution in [2.24, 2.45) is 0 Å². The lowest BCUT2D eigenvalue weighted by Crippen LogP contribution is -2.29. The van der Waals surface area contributed by atoms with Crippen LogP contribution in [-0.2, 0) is 4.74 Å². The number of halogens is 1. The molecule has 1 aromatic carbocycles. The molecule has 0 spiro atoms. The summed E-state index contributed by atoms with van der Waals surface area (Å²) in [6.45, 7) is 7.76. The van der Waals surface area contributed by atoms with Crippen molar-refractivity contribution in [2.75, 3.05) is 38.7 Å². The maximum atomic E-state index is 9.99. The summed E-state index contributed by atoms with van der Waals surface area (Å²) < 4.78 is 17.0. The second-order valence-corrected chi connectivity index (χ2v) is 9.16. The summed E-state index contributed by atoms with van der Waals surface area (Å²) in [7, 11) is 1.78. The topological polar surface area (TPSA) is 115 Å². The Bertz CT molecular complexity index is 1140. The van der Waals surface area contributed by atoms with Crippen LogP contribution in [0.2, 0.25) is 5.02 Å². The second kappa shape index (κ2) is 11.3. The fraction of sp³-hybridized carbons (Fsp3) is 0.480. The quantitative estimate of drug-likeness (QED) is 0.380. The van der Waals surface area contributed by atoms with Crippen LogP contribution in [0.15, 0.2) is 22.7 Å². The summed E-state index contributed by atoms with van der Waals surface area (Å²) in [5, 5.41) is 21.0. The highest BCUT2D eigenvalue weighted by molar-refractivity contribution is 6.33. The van der Waals surface area contributed by atoms with Crippen molar-refractivity contribution in [1.82, 2.24) is 20.4 Å². The SMILES string of the molecule is CNCC(O)COc1ccc(Cl)c(-c2nc(NCC3CCCO3)c(C)c(-c3c(C)noc3C)n2)c1. The number of nitrogens with one attached hydrogen (secondary N) is 2. The minimum atomic E-state index is -0.630. The number of aliphatic hydroxyl groups is 1. The molecule has 188 valence electrons. The third-order valence-electron chi connectivity index (χ3n) is 6.00. The molecular weight excluding hydrogens is 470 g/mol. The van der Waals surface area contributed by atoms with E-state index in [2.05, 4.69) is 15.8 Å². The third-order valence-corrected chi connectivity index (χ3v) is 6.33. The van der Waals surface area contributed by atoms with Crippen molar-refractivity contribution in [3.63, 3.8) is 0 Å². The molecule has 0 saturated carbocycles. The number of aromatic nitrogens is 3. The molecule has 2 aromatic heterocycles. The molecule has 1 aliphatic heterocycles. The van der Waals surface area contributed by atoms with Gasteiger partial charge in [0.15, 0.2) is 5.82 Å². The van der Waals surface area contributed by atoms with Crippen molar-refractivity contribution in [3.8, 4) is 28.4 Å². The lowest BCUT2D eigenvalue weighted by molar-refractivity contribution is 0.108. The van der Waals surface area contributed by atoms with Gasteiger partial charge in [0.2, 0.25) is 0 Å². The molecule has 35 heavy (non-hydrogen) atoms. The summed E-state index contributed by atoms with van der Waals surface area (Å²) in [5.41, 5.74) is 3.83. The van der Waals surface area contributed by atoms with Crippen LogP contribution in [0.3, 0.4) is 0 Å². The fourth-order valence-electron chi connectivity index (χ4n) is 4.14. The first-order valence-corrected chi connectivity index (χ1v) is 12.2. The maximum absolute atomic E-state index is 9.99. The van der Waals surface area contributed by atoms with Gasteiger partial charge in [-0.1, -0.05) is 16.8 Å². The van der Waals surface area contributed by atoms with E-state index in [1.54, 1.807) is 25.2 Å². The molecular formula is C25H32ClN5O4. The Morgan fingerprint density at radius 3 is 2.77 bits per heavy atom. The molecule has 3 N–H and O–H groups in total. The van der Waals surface area contributed by atoms with E-state index in [0.717, 1.165) is 42.0 Å². The zero-order chi connectivity index (χ0) is 24.9. The van der Waals surface area contributed by atoms with Gasteiger partial charge in [0, 0.05) is 30.8 Å². The van der Waals surface area contributed by atoms with E-state index in [0.29, 0.717) is 46.8 Å². The van der Waals surface area contributed by atoms with Crippen molar-refractivity contribution in [3.05, 3.63) is 40.2 Å². The van der Waals surface area contributed by atoms with Crippen molar-refractivity contribution in [2.45, 2.75) is 45.8 Å². The van der Waals surface area contributed by atoms with Gasteiger partial charge < -0.3 is 29.7 Å². The fourth-order valence-corrected chi connectivity index (χ4v) is 4.34. The molecule has 0 bridgehead atoms. The Kier molecular flexibility index (Phi) is 8.22. The number of hydrogen-bond acceptors (Lipinski definition) is 9. The van der Waals surface area contributed by atoms with Gasteiger partial charge in [-0.3, -0.25) is 0 Å². The largest absolute Gasteiger partial charge is 0.491 e. The molecule has 2 atom stereocenters. The third kappa shape index (κ3) is 5.92. The van der Waals surface area contributed by atoms with Crippen LogP contribution in [-0.4, -0.2) is 65.8 Å². The average Bonchev–Trinajstić information content (AvgIpc) is 3.48. The van der Waals surface area contributed by atoms with E-state index >= 15 is 0 Å². The molecule has 9 nitrogen and oxygen atoms in total. The van der Waals surface area contributed by atoms with Crippen LogP contribution in [0.25, 0.3) is 22.6 Å². The van der Waals surface area contributed by atoms with Gasteiger partial charge in [-0.15, -0.1) is 0 Å². The van der Waals surface area contributed by atoms with Crippen LogP contribution in [0.5, 0.6) is 5.75 Å². The summed E-state index contributed by atoms with van der Waals surface area (Å²) >= 11 is 6.59. The summed E-state index contributed by atoms with van der Waals surface area (Å²) in [4.78, 5) is 9.72. The number of benzene rings is 1. The minimum absolute atomic E-state index is 0.148. The number of aryl methyl sites for hydroxylation is 2. The number of rotatable bonds is 10. The lowest BCUT2D eigenvalue weighted by atomic mass is 10.0. The number of aliphatic hydroxyl groups excluding tert-OH is 1. The first kappa shape index (κ1) is 25.4. The van der Waals surface area contributed by atoms with Gasteiger partial charge in [0.25, 0.3) is 0 Å².